The van der Waals surface area contributed by atoms with Crippen LogP contribution in [-0.2, 0) is 16.4 Å². The Kier molecular flexibility index (Phi) is 8.60. The SMILES string of the molecule is CN=C(NCc1ccc(C)cc1OCCCC(C)C)NCC1CCS(=O)(=O)C1. The molecule has 1 aliphatic rings. The standard InChI is InChI=1S/C21H35N3O3S/c1-16(2)6-5-10-27-20-12-17(3)7-8-19(20)14-24-21(22-4)23-13-18-9-11-28(25,26)15-18/h7-8,12,16,18H,5-6,9-11,13-15H2,1-4H3,(H2,22,23,24). The van der Waals surface area contributed by atoms with Crippen LogP contribution in [0.1, 0.15) is 44.2 Å². The Hall–Kier alpha value is -1.76. The highest BCUT2D eigenvalue weighted by molar-refractivity contribution is 7.91. The third kappa shape index (κ3) is 7.70. The minimum Gasteiger partial charge on any atom is -0.493 e. The molecule has 1 aliphatic heterocycles. The second-order valence-corrected chi connectivity index (χ2v) is 10.3. The van der Waals surface area contributed by atoms with Crippen LogP contribution in [0.2, 0.25) is 0 Å². The van der Waals surface area contributed by atoms with Crippen molar-refractivity contribution in [3.8, 4) is 5.75 Å². The van der Waals surface area contributed by atoms with Gasteiger partial charge in [0.05, 0.1) is 18.1 Å². The molecule has 2 N–H and O–H groups in total. The topological polar surface area (TPSA) is 79.8 Å². The summed E-state index contributed by atoms with van der Waals surface area (Å²) < 4.78 is 29.2. The number of guanidine groups is 1. The molecule has 6 nitrogen and oxygen atoms in total. The van der Waals surface area contributed by atoms with E-state index in [1.54, 1.807) is 7.05 Å². The highest BCUT2D eigenvalue weighted by Crippen LogP contribution is 2.21. The third-order valence-electron chi connectivity index (χ3n) is 4.96. The molecule has 0 aromatic heterocycles. The summed E-state index contributed by atoms with van der Waals surface area (Å²) in [6, 6.07) is 6.24. The van der Waals surface area contributed by atoms with Gasteiger partial charge < -0.3 is 15.4 Å². The summed E-state index contributed by atoms with van der Waals surface area (Å²) in [6.07, 6.45) is 2.93. The van der Waals surface area contributed by atoms with Crippen molar-refractivity contribution in [3.63, 3.8) is 0 Å². The average molecular weight is 410 g/mol. The predicted octanol–water partition coefficient (Wildman–Crippen LogP) is 2.91. The highest BCUT2D eigenvalue weighted by atomic mass is 32.2. The summed E-state index contributed by atoms with van der Waals surface area (Å²) in [4.78, 5) is 4.25. The first-order chi connectivity index (χ1) is 13.3. The molecule has 158 valence electrons. The maximum atomic E-state index is 11.6. The first-order valence-corrected chi connectivity index (χ1v) is 12.0. The monoisotopic (exact) mass is 409 g/mol. The summed E-state index contributed by atoms with van der Waals surface area (Å²) in [5.41, 5.74) is 2.26. The Morgan fingerprint density at radius 3 is 2.75 bits per heavy atom. The second-order valence-electron chi connectivity index (χ2n) is 8.07. The van der Waals surface area contributed by atoms with Gasteiger partial charge in [0.2, 0.25) is 0 Å². The number of nitrogens with zero attached hydrogens (tertiary/aromatic N) is 1. The largest absolute Gasteiger partial charge is 0.493 e. The Morgan fingerprint density at radius 1 is 1.32 bits per heavy atom. The summed E-state index contributed by atoms with van der Waals surface area (Å²) in [5, 5.41) is 6.56. The number of ether oxygens (including phenoxy) is 1. The molecule has 28 heavy (non-hydrogen) atoms. The lowest BCUT2D eigenvalue weighted by atomic mass is 10.1. The number of sulfone groups is 1. The van der Waals surface area contributed by atoms with Gasteiger partial charge in [0.15, 0.2) is 15.8 Å². The van der Waals surface area contributed by atoms with Crippen LogP contribution in [0.5, 0.6) is 5.75 Å². The van der Waals surface area contributed by atoms with Crippen LogP contribution >= 0.6 is 0 Å². The quantitative estimate of drug-likeness (QED) is 0.372. The van der Waals surface area contributed by atoms with E-state index in [4.69, 9.17) is 4.74 Å². The normalized spacial score (nSPS) is 19.0. The van der Waals surface area contributed by atoms with E-state index in [0.29, 0.717) is 30.7 Å². The predicted molar refractivity (Wildman–Crippen MR) is 116 cm³/mol. The number of aryl methyl sites for hydroxylation is 1. The number of aliphatic imine (C=N–C) groups is 1. The van der Waals surface area contributed by atoms with Crippen molar-refractivity contribution in [1.82, 2.24) is 10.6 Å². The molecule has 2 rings (SSSR count). The van der Waals surface area contributed by atoms with Gasteiger partial charge in [0.1, 0.15) is 5.75 Å². The molecule has 0 bridgehead atoms. The Labute approximate surface area is 170 Å². The number of rotatable bonds is 9. The van der Waals surface area contributed by atoms with Crippen LogP contribution < -0.4 is 15.4 Å². The van der Waals surface area contributed by atoms with Crippen molar-refractivity contribution in [2.75, 3.05) is 31.7 Å². The third-order valence-corrected chi connectivity index (χ3v) is 6.80. The summed E-state index contributed by atoms with van der Waals surface area (Å²) in [5.74, 6) is 2.99. The number of hydrogen-bond donors (Lipinski definition) is 2. The summed E-state index contributed by atoms with van der Waals surface area (Å²) in [6.45, 7) is 8.45. The van der Waals surface area contributed by atoms with E-state index < -0.39 is 9.84 Å². The van der Waals surface area contributed by atoms with Crippen LogP contribution in [0.25, 0.3) is 0 Å². The molecule has 0 saturated carbocycles. The molecule has 0 spiro atoms. The van der Waals surface area contributed by atoms with Gasteiger partial charge in [0, 0.05) is 25.7 Å². The first kappa shape index (κ1) is 22.5. The first-order valence-electron chi connectivity index (χ1n) is 10.2. The summed E-state index contributed by atoms with van der Waals surface area (Å²) in [7, 11) is -1.13. The minimum absolute atomic E-state index is 0.155. The van der Waals surface area contributed by atoms with Crippen LogP contribution in [0.4, 0.5) is 0 Å². The van der Waals surface area contributed by atoms with Gasteiger partial charge in [0.25, 0.3) is 0 Å². The van der Waals surface area contributed by atoms with E-state index in [0.717, 1.165) is 37.2 Å². The van der Waals surface area contributed by atoms with Gasteiger partial charge in [-0.15, -0.1) is 0 Å². The molecule has 1 atom stereocenters. The number of benzene rings is 1. The van der Waals surface area contributed by atoms with E-state index in [2.05, 4.69) is 54.6 Å². The van der Waals surface area contributed by atoms with Gasteiger partial charge in [-0.3, -0.25) is 4.99 Å². The Balaban J connectivity index is 1.85. The lowest BCUT2D eigenvalue weighted by Crippen LogP contribution is -2.39. The maximum absolute atomic E-state index is 11.6. The van der Waals surface area contributed by atoms with E-state index in [1.165, 1.54) is 5.56 Å². The van der Waals surface area contributed by atoms with Gasteiger partial charge in [-0.05, 0) is 49.7 Å². The second kappa shape index (κ2) is 10.7. The van der Waals surface area contributed by atoms with Crippen LogP contribution in [-0.4, -0.2) is 46.1 Å². The van der Waals surface area contributed by atoms with Crippen molar-refractivity contribution in [2.45, 2.75) is 46.6 Å². The van der Waals surface area contributed by atoms with Crippen molar-refractivity contribution in [1.29, 1.82) is 0 Å². The lowest BCUT2D eigenvalue weighted by Gasteiger charge is -2.17. The van der Waals surface area contributed by atoms with Crippen molar-refractivity contribution < 1.29 is 13.2 Å². The van der Waals surface area contributed by atoms with Crippen molar-refractivity contribution in [3.05, 3.63) is 29.3 Å². The van der Waals surface area contributed by atoms with E-state index in [1.807, 2.05) is 0 Å². The molecule has 7 heteroatoms. The molecule has 1 unspecified atom stereocenters. The molecule has 1 aromatic carbocycles. The van der Waals surface area contributed by atoms with Crippen molar-refractivity contribution >= 4 is 15.8 Å². The van der Waals surface area contributed by atoms with E-state index >= 15 is 0 Å². The molecule has 1 saturated heterocycles. The summed E-state index contributed by atoms with van der Waals surface area (Å²) >= 11 is 0. The zero-order chi connectivity index (χ0) is 20.6. The number of nitrogens with one attached hydrogen (secondary N) is 2. The molecule has 1 aromatic rings. The van der Waals surface area contributed by atoms with E-state index in [-0.39, 0.29) is 11.7 Å². The van der Waals surface area contributed by atoms with Gasteiger partial charge in [-0.2, -0.15) is 0 Å². The minimum atomic E-state index is -2.85. The van der Waals surface area contributed by atoms with Crippen LogP contribution in [0.15, 0.2) is 23.2 Å². The lowest BCUT2D eigenvalue weighted by molar-refractivity contribution is 0.294. The van der Waals surface area contributed by atoms with E-state index in [9.17, 15) is 8.42 Å². The Bertz CT molecular complexity index is 760. The van der Waals surface area contributed by atoms with Crippen LogP contribution in [0, 0.1) is 18.8 Å². The average Bonchev–Trinajstić information content (AvgIpc) is 2.99. The fourth-order valence-corrected chi connectivity index (χ4v) is 5.15. The molecule has 1 heterocycles. The zero-order valence-electron chi connectivity index (χ0n) is 17.6. The molecule has 0 aliphatic carbocycles. The van der Waals surface area contributed by atoms with Gasteiger partial charge >= 0.3 is 0 Å². The van der Waals surface area contributed by atoms with Crippen LogP contribution in [0.3, 0.4) is 0 Å². The molecule has 0 radical (unpaired) electrons. The molecule has 0 amide bonds. The number of hydrogen-bond acceptors (Lipinski definition) is 4. The molecular formula is C21H35N3O3S. The zero-order valence-corrected chi connectivity index (χ0v) is 18.4. The van der Waals surface area contributed by atoms with Gasteiger partial charge in [-0.25, -0.2) is 8.42 Å². The fraction of sp³-hybridized carbons (Fsp3) is 0.667. The van der Waals surface area contributed by atoms with Crippen molar-refractivity contribution in [2.24, 2.45) is 16.8 Å². The molecular weight excluding hydrogens is 374 g/mol. The molecule has 1 fully saturated rings. The fourth-order valence-electron chi connectivity index (χ4n) is 3.29. The van der Waals surface area contributed by atoms with Gasteiger partial charge in [-0.1, -0.05) is 26.0 Å². The maximum Gasteiger partial charge on any atom is 0.191 e. The smallest absolute Gasteiger partial charge is 0.191 e. The Morgan fingerprint density at radius 2 is 2.11 bits per heavy atom. The highest BCUT2D eigenvalue weighted by Gasteiger charge is 2.27.